The van der Waals surface area contributed by atoms with Gasteiger partial charge < -0.3 is 9.84 Å². The van der Waals surface area contributed by atoms with Crippen molar-refractivity contribution in [2.24, 2.45) is 0 Å². The summed E-state index contributed by atoms with van der Waals surface area (Å²) in [6, 6.07) is 11.0. The summed E-state index contributed by atoms with van der Waals surface area (Å²) in [5.74, 6) is -0.0119. The van der Waals surface area contributed by atoms with Crippen molar-refractivity contribution < 1.29 is 74.2 Å². The predicted molar refractivity (Wildman–Crippen MR) is 94.7 cm³/mol. The first-order chi connectivity index (χ1) is 11.9. The molecule has 0 bridgehead atoms. The molecule has 0 atom stereocenters. The van der Waals surface area contributed by atoms with Gasteiger partial charge in [0.15, 0.2) is 0 Å². The molecule has 0 spiro atoms. The van der Waals surface area contributed by atoms with Crippen molar-refractivity contribution in [2.45, 2.75) is 50.3 Å². The number of ether oxygens (including phenoxy) is 1. The zero-order valence-electron chi connectivity index (χ0n) is 15.3. The van der Waals surface area contributed by atoms with Crippen LogP contribution in [0.1, 0.15) is 44.6 Å². The van der Waals surface area contributed by atoms with Gasteiger partial charge in [0.2, 0.25) is 0 Å². The molecular formula is C19H23KO5S. The topological polar surface area (TPSA) is 86.7 Å². The normalized spacial score (nSPS) is 11.0. The van der Waals surface area contributed by atoms with Crippen LogP contribution in [0.15, 0.2) is 47.4 Å². The van der Waals surface area contributed by atoms with Crippen molar-refractivity contribution in [1.82, 2.24) is 0 Å². The maximum Gasteiger partial charge on any atom is 1.00 e. The zero-order chi connectivity index (χ0) is 18.3. The van der Waals surface area contributed by atoms with Gasteiger partial charge in [-0.1, -0.05) is 50.5 Å². The van der Waals surface area contributed by atoms with Gasteiger partial charge in [-0.3, -0.25) is 4.55 Å². The predicted octanol–water partition coefficient (Wildman–Crippen LogP) is 1.32. The van der Waals surface area contributed by atoms with Gasteiger partial charge in [0.25, 0.3) is 10.1 Å². The molecule has 1 N–H and O–H groups in total. The van der Waals surface area contributed by atoms with Gasteiger partial charge in [-0.05, 0) is 48.7 Å². The van der Waals surface area contributed by atoms with Crippen molar-refractivity contribution in [1.29, 1.82) is 0 Å². The van der Waals surface area contributed by atoms with Crippen molar-refractivity contribution >= 4 is 10.1 Å². The van der Waals surface area contributed by atoms with E-state index in [-0.39, 0.29) is 57.1 Å². The first kappa shape index (κ1) is 23.6. The second kappa shape index (κ2) is 11.4. The fraction of sp³-hybridized carbons (Fsp3) is 0.368. The summed E-state index contributed by atoms with van der Waals surface area (Å²) in [6.07, 6.45) is 7.22. The molecule has 2 aromatic rings. The van der Waals surface area contributed by atoms with E-state index < -0.39 is 20.8 Å². The molecule has 0 aliphatic carbocycles. The van der Waals surface area contributed by atoms with Crippen LogP contribution < -0.4 is 61.2 Å². The second-order valence-electron chi connectivity index (χ2n) is 5.99. The van der Waals surface area contributed by atoms with Crippen molar-refractivity contribution in [3.63, 3.8) is 0 Å². The smallest absolute Gasteiger partial charge is 0.871 e. The van der Waals surface area contributed by atoms with Gasteiger partial charge in [0, 0.05) is 0 Å². The van der Waals surface area contributed by atoms with Crippen LogP contribution >= 0.6 is 0 Å². The van der Waals surface area contributed by atoms with Crippen molar-refractivity contribution in [3.8, 4) is 17.2 Å². The summed E-state index contributed by atoms with van der Waals surface area (Å²) >= 11 is 0. The Labute approximate surface area is 198 Å². The van der Waals surface area contributed by atoms with E-state index in [0.29, 0.717) is 5.75 Å². The van der Waals surface area contributed by atoms with Crippen LogP contribution in [0, 0.1) is 0 Å². The maximum atomic E-state index is 11.7. The van der Waals surface area contributed by atoms with Gasteiger partial charge in [-0.15, -0.1) is 0 Å². The first-order valence-corrected chi connectivity index (χ1v) is 9.89. The molecule has 0 amide bonds. The number of hydrogen-bond acceptors (Lipinski definition) is 4. The Kier molecular flexibility index (Phi) is 10.4. The summed E-state index contributed by atoms with van der Waals surface area (Å²) in [5.41, 5.74) is 1.23. The molecule has 0 radical (unpaired) electrons. The number of unbranched alkanes of at least 4 members (excludes halogenated alkanes) is 4. The number of rotatable bonds is 9. The molecule has 0 fully saturated rings. The van der Waals surface area contributed by atoms with Gasteiger partial charge >= 0.3 is 51.4 Å². The number of benzene rings is 2. The average molecular weight is 403 g/mol. The minimum absolute atomic E-state index is 0. The van der Waals surface area contributed by atoms with E-state index in [1.54, 1.807) is 0 Å². The molecule has 2 aromatic carbocycles. The Balaban J connectivity index is 0.00000338. The molecule has 0 aliphatic heterocycles. The van der Waals surface area contributed by atoms with Crippen LogP contribution in [0.4, 0.5) is 0 Å². The Bertz CT molecular complexity index is 788. The van der Waals surface area contributed by atoms with Crippen molar-refractivity contribution in [2.75, 3.05) is 0 Å². The fourth-order valence-corrected chi connectivity index (χ4v) is 3.11. The molecule has 0 heterocycles. The van der Waals surface area contributed by atoms with Crippen LogP contribution in [-0.2, 0) is 16.5 Å². The molecule has 0 unspecified atom stereocenters. The minimum Gasteiger partial charge on any atom is -0.871 e. The molecule has 7 heteroatoms. The second-order valence-corrected chi connectivity index (χ2v) is 7.38. The Morgan fingerprint density at radius 2 is 1.58 bits per heavy atom. The molecule has 5 nitrogen and oxygen atoms in total. The van der Waals surface area contributed by atoms with Crippen LogP contribution in [-0.4, -0.2) is 13.0 Å². The summed E-state index contributed by atoms with van der Waals surface area (Å²) in [7, 11) is -4.51. The minimum atomic E-state index is -4.51. The molecule has 0 aromatic heterocycles. The van der Waals surface area contributed by atoms with Crippen LogP contribution in [0.25, 0.3) is 0 Å². The Morgan fingerprint density at radius 1 is 0.962 bits per heavy atom. The largest absolute Gasteiger partial charge is 1.00 e. The molecule has 136 valence electrons. The van der Waals surface area contributed by atoms with E-state index in [0.717, 1.165) is 25.0 Å². The quantitative estimate of drug-likeness (QED) is 0.388. The maximum absolute atomic E-state index is 11.7. The van der Waals surface area contributed by atoms with E-state index in [1.807, 2.05) is 24.3 Å². The molecule has 26 heavy (non-hydrogen) atoms. The molecule has 0 saturated carbocycles. The third kappa shape index (κ3) is 7.68. The van der Waals surface area contributed by atoms with E-state index in [1.165, 1.54) is 37.3 Å². The zero-order valence-corrected chi connectivity index (χ0v) is 19.2. The monoisotopic (exact) mass is 402 g/mol. The van der Waals surface area contributed by atoms with E-state index in [2.05, 4.69) is 6.92 Å². The van der Waals surface area contributed by atoms with Gasteiger partial charge in [-0.2, -0.15) is 8.42 Å². The number of aryl methyl sites for hydroxylation is 1. The summed E-state index contributed by atoms with van der Waals surface area (Å²) in [6.45, 7) is 2.20. The van der Waals surface area contributed by atoms with Crippen LogP contribution in [0.3, 0.4) is 0 Å². The Hall–Kier alpha value is -0.414. The average Bonchev–Trinajstić information content (AvgIpc) is 2.55. The van der Waals surface area contributed by atoms with E-state index in [4.69, 9.17) is 9.29 Å². The van der Waals surface area contributed by atoms with E-state index in [9.17, 15) is 13.5 Å². The first-order valence-electron chi connectivity index (χ1n) is 8.45. The fourth-order valence-electron chi connectivity index (χ4n) is 2.56. The van der Waals surface area contributed by atoms with Crippen LogP contribution in [0.2, 0.25) is 0 Å². The Morgan fingerprint density at radius 3 is 2.15 bits per heavy atom. The summed E-state index contributed by atoms with van der Waals surface area (Å²) in [5, 5.41) is 11.7. The molecule has 0 saturated heterocycles. The van der Waals surface area contributed by atoms with Crippen molar-refractivity contribution in [3.05, 3.63) is 48.0 Å². The van der Waals surface area contributed by atoms with Gasteiger partial charge in [0.05, 0.1) is 4.90 Å². The standard InChI is InChI=1S/C19H24O5S.K/c1-2-3-4-5-6-7-15-8-10-16(11-9-15)24-17-12-13-19(18(20)14-17)25(21,22)23;/h8-14,20H,2-7H2,1H3,(H,21,22,23);/q;+1/p-1. The SMILES string of the molecule is CCCCCCCc1ccc(Oc2ccc(S(=O)(=O)O)c([O-])c2)cc1.[K+]. The number of hydrogen-bond donors (Lipinski definition) is 1. The van der Waals surface area contributed by atoms with Gasteiger partial charge in [-0.25, -0.2) is 0 Å². The summed E-state index contributed by atoms with van der Waals surface area (Å²) in [4.78, 5) is -0.654. The van der Waals surface area contributed by atoms with Crippen LogP contribution in [0.5, 0.6) is 17.2 Å². The molecule has 0 aliphatic rings. The summed E-state index contributed by atoms with van der Waals surface area (Å²) < 4.78 is 36.5. The third-order valence-corrected chi connectivity index (χ3v) is 4.81. The van der Waals surface area contributed by atoms with Gasteiger partial charge in [0.1, 0.15) is 11.5 Å². The van der Waals surface area contributed by atoms with E-state index >= 15 is 0 Å². The molecule has 2 rings (SSSR count). The molecular weight excluding hydrogens is 379 g/mol. The third-order valence-electron chi connectivity index (χ3n) is 3.92.